The summed E-state index contributed by atoms with van der Waals surface area (Å²) in [5.74, 6) is 1.54. The summed E-state index contributed by atoms with van der Waals surface area (Å²) >= 11 is 0. The Bertz CT molecular complexity index is 560. The topological polar surface area (TPSA) is 81.4 Å². The normalized spacial score (nSPS) is 23.4. The number of nitrogens with zero attached hydrogens (tertiary/aromatic N) is 1. The van der Waals surface area contributed by atoms with Gasteiger partial charge in [0.15, 0.2) is 11.7 Å². The highest BCUT2D eigenvalue weighted by Crippen LogP contribution is 2.23. The van der Waals surface area contributed by atoms with Crippen molar-refractivity contribution in [2.75, 3.05) is 6.26 Å². The molecule has 0 radical (unpaired) electrons. The first kappa shape index (κ1) is 16.5. The van der Waals surface area contributed by atoms with Gasteiger partial charge in [-0.05, 0) is 32.6 Å². The molecule has 0 bridgehead atoms. The van der Waals surface area contributed by atoms with Gasteiger partial charge in [-0.1, -0.05) is 6.92 Å². The van der Waals surface area contributed by atoms with E-state index in [9.17, 15) is 8.42 Å². The van der Waals surface area contributed by atoms with Gasteiger partial charge >= 0.3 is 0 Å². The van der Waals surface area contributed by atoms with Crippen LogP contribution in [-0.4, -0.2) is 31.8 Å². The fourth-order valence-corrected chi connectivity index (χ4v) is 3.46. The average molecular weight is 316 g/mol. The van der Waals surface area contributed by atoms with Gasteiger partial charge in [0.05, 0.1) is 18.1 Å². The Kier molecular flexibility index (Phi) is 5.40. The average Bonchev–Trinajstić information content (AvgIpc) is 2.77. The molecular formula is C14H24N2O4S. The molecule has 6 nitrogen and oxygen atoms in total. The van der Waals surface area contributed by atoms with E-state index in [-0.39, 0.29) is 12.1 Å². The molecule has 0 aliphatic heterocycles. The van der Waals surface area contributed by atoms with Crippen LogP contribution in [0, 0.1) is 6.92 Å². The fourth-order valence-electron chi connectivity index (χ4n) is 2.62. The zero-order chi connectivity index (χ0) is 15.5. The molecular weight excluding hydrogens is 292 g/mol. The van der Waals surface area contributed by atoms with Crippen molar-refractivity contribution >= 4 is 10.0 Å². The minimum absolute atomic E-state index is 0.0403. The van der Waals surface area contributed by atoms with Gasteiger partial charge in [-0.3, -0.25) is 0 Å². The second kappa shape index (κ2) is 6.89. The van der Waals surface area contributed by atoms with Crippen LogP contribution in [-0.2, 0) is 27.8 Å². The van der Waals surface area contributed by atoms with Gasteiger partial charge in [0.1, 0.15) is 6.61 Å². The lowest BCUT2D eigenvalue weighted by Crippen LogP contribution is -2.38. The van der Waals surface area contributed by atoms with Crippen molar-refractivity contribution in [1.82, 2.24) is 9.71 Å². The van der Waals surface area contributed by atoms with Gasteiger partial charge < -0.3 is 9.15 Å². The van der Waals surface area contributed by atoms with Gasteiger partial charge in [-0.25, -0.2) is 18.1 Å². The number of sulfonamides is 1. The molecule has 0 saturated heterocycles. The minimum atomic E-state index is -3.12. The van der Waals surface area contributed by atoms with Crippen molar-refractivity contribution in [2.45, 2.75) is 64.7 Å². The van der Waals surface area contributed by atoms with E-state index in [1.54, 1.807) is 0 Å². The fraction of sp³-hybridized carbons (Fsp3) is 0.786. The Labute approximate surface area is 126 Å². The summed E-state index contributed by atoms with van der Waals surface area (Å²) in [5.41, 5.74) is 0.888. The molecule has 0 atom stereocenters. The first-order chi connectivity index (χ1) is 9.87. The second-order valence-corrected chi connectivity index (χ2v) is 7.42. The maximum atomic E-state index is 11.2. The van der Waals surface area contributed by atoms with Gasteiger partial charge in [-0.2, -0.15) is 0 Å². The van der Waals surface area contributed by atoms with E-state index in [1.165, 1.54) is 6.26 Å². The Hall–Kier alpha value is -0.920. The summed E-state index contributed by atoms with van der Waals surface area (Å²) in [7, 11) is -3.12. The highest BCUT2D eigenvalue weighted by molar-refractivity contribution is 7.88. The van der Waals surface area contributed by atoms with E-state index < -0.39 is 10.0 Å². The molecule has 0 unspecified atom stereocenters. The molecule has 0 aromatic carbocycles. The Balaban J connectivity index is 1.77. The predicted octanol–water partition coefficient (Wildman–Crippen LogP) is 1.92. The zero-order valence-electron chi connectivity index (χ0n) is 12.9. The largest absolute Gasteiger partial charge is 0.443 e. The molecule has 1 aliphatic rings. The molecule has 7 heteroatoms. The molecule has 1 fully saturated rings. The Morgan fingerprint density at radius 1 is 1.33 bits per heavy atom. The lowest BCUT2D eigenvalue weighted by atomic mass is 9.94. The number of rotatable bonds is 6. The van der Waals surface area contributed by atoms with Crippen LogP contribution in [0.4, 0.5) is 0 Å². The molecule has 1 heterocycles. The zero-order valence-corrected chi connectivity index (χ0v) is 13.7. The SMILES string of the molecule is CCc1nc(C)c(COC2CCC(NS(C)(=O)=O)CC2)o1. The molecule has 1 aromatic rings. The number of ether oxygens (including phenoxy) is 1. The highest BCUT2D eigenvalue weighted by atomic mass is 32.2. The summed E-state index contributed by atoms with van der Waals surface area (Å²) in [6.07, 6.45) is 5.50. The van der Waals surface area contributed by atoms with Crippen molar-refractivity contribution in [3.8, 4) is 0 Å². The lowest BCUT2D eigenvalue weighted by molar-refractivity contribution is 0.00440. The summed E-state index contributed by atoms with van der Waals surface area (Å²) in [5, 5.41) is 0. The molecule has 0 spiro atoms. The number of aryl methyl sites for hydroxylation is 2. The predicted molar refractivity (Wildman–Crippen MR) is 79.4 cm³/mol. The molecule has 1 aromatic heterocycles. The maximum Gasteiger partial charge on any atom is 0.208 e. The van der Waals surface area contributed by atoms with Crippen molar-refractivity contribution in [3.05, 3.63) is 17.3 Å². The van der Waals surface area contributed by atoms with E-state index in [2.05, 4.69) is 9.71 Å². The van der Waals surface area contributed by atoms with Gasteiger partial charge in [0.25, 0.3) is 0 Å². The third-order valence-corrected chi connectivity index (χ3v) is 4.51. The summed E-state index contributed by atoms with van der Waals surface area (Å²) in [6.45, 7) is 4.37. The van der Waals surface area contributed by atoms with Crippen LogP contribution in [0.5, 0.6) is 0 Å². The quantitative estimate of drug-likeness (QED) is 0.867. The number of nitrogens with one attached hydrogen (secondary N) is 1. The second-order valence-electron chi connectivity index (χ2n) is 5.64. The summed E-state index contributed by atoms with van der Waals surface area (Å²) in [4.78, 5) is 4.32. The number of hydrogen-bond donors (Lipinski definition) is 1. The third-order valence-electron chi connectivity index (χ3n) is 3.74. The van der Waals surface area contributed by atoms with Crippen LogP contribution in [0.1, 0.15) is 50.0 Å². The maximum absolute atomic E-state index is 11.2. The molecule has 21 heavy (non-hydrogen) atoms. The van der Waals surface area contributed by atoms with Crippen molar-refractivity contribution in [2.24, 2.45) is 0 Å². The van der Waals surface area contributed by atoms with E-state index in [4.69, 9.17) is 9.15 Å². The van der Waals surface area contributed by atoms with Gasteiger partial charge in [0, 0.05) is 12.5 Å². The highest BCUT2D eigenvalue weighted by Gasteiger charge is 2.24. The molecule has 1 N–H and O–H groups in total. The van der Waals surface area contributed by atoms with Crippen molar-refractivity contribution in [1.29, 1.82) is 0 Å². The minimum Gasteiger partial charge on any atom is -0.443 e. The van der Waals surface area contributed by atoms with E-state index in [0.717, 1.165) is 49.4 Å². The van der Waals surface area contributed by atoms with Crippen molar-refractivity contribution in [3.63, 3.8) is 0 Å². The third kappa shape index (κ3) is 5.09. The van der Waals surface area contributed by atoms with Crippen LogP contribution < -0.4 is 4.72 Å². The van der Waals surface area contributed by atoms with Crippen LogP contribution in [0.3, 0.4) is 0 Å². The first-order valence-corrected chi connectivity index (χ1v) is 9.30. The number of oxazole rings is 1. The standard InChI is InChI=1S/C14H24N2O4S/c1-4-14-15-10(2)13(20-14)9-19-12-7-5-11(6-8-12)16-21(3,17)18/h11-12,16H,4-9H2,1-3H3. The van der Waals surface area contributed by atoms with Gasteiger partial charge in [-0.15, -0.1) is 0 Å². The lowest BCUT2D eigenvalue weighted by Gasteiger charge is -2.28. The Morgan fingerprint density at radius 3 is 2.52 bits per heavy atom. The summed E-state index contributed by atoms with van der Waals surface area (Å²) < 4.78 is 36.5. The van der Waals surface area contributed by atoms with Crippen molar-refractivity contribution < 1.29 is 17.6 Å². The van der Waals surface area contributed by atoms with Crippen LogP contribution in [0.15, 0.2) is 4.42 Å². The molecule has 0 amide bonds. The molecule has 1 aliphatic carbocycles. The van der Waals surface area contributed by atoms with E-state index >= 15 is 0 Å². The number of hydrogen-bond acceptors (Lipinski definition) is 5. The van der Waals surface area contributed by atoms with Crippen LogP contribution in [0.2, 0.25) is 0 Å². The Morgan fingerprint density at radius 2 is 2.00 bits per heavy atom. The summed E-state index contributed by atoms with van der Waals surface area (Å²) in [6, 6.07) is 0.0403. The van der Waals surface area contributed by atoms with E-state index in [1.807, 2.05) is 13.8 Å². The van der Waals surface area contributed by atoms with Crippen LogP contribution in [0.25, 0.3) is 0 Å². The molecule has 1 saturated carbocycles. The molecule has 2 rings (SSSR count). The van der Waals surface area contributed by atoms with E-state index in [0.29, 0.717) is 6.61 Å². The van der Waals surface area contributed by atoms with Crippen LogP contribution >= 0.6 is 0 Å². The van der Waals surface area contributed by atoms with Gasteiger partial charge in [0.2, 0.25) is 10.0 Å². The monoisotopic (exact) mass is 316 g/mol. The smallest absolute Gasteiger partial charge is 0.208 e. The number of aromatic nitrogens is 1. The molecule has 120 valence electrons. The first-order valence-electron chi connectivity index (χ1n) is 7.41.